The molecule has 2 bridgehead atoms. The number of nitrogens with zero attached hydrogens (tertiary/aromatic N) is 4. The van der Waals surface area contributed by atoms with E-state index in [0.717, 1.165) is 17.7 Å². The molecule has 7 nitrogen and oxygen atoms in total. The van der Waals surface area contributed by atoms with Crippen molar-refractivity contribution < 1.29 is 9.90 Å². The third kappa shape index (κ3) is 3.35. The monoisotopic (exact) mass is 368 g/mol. The van der Waals surface area contributed by atoms with Gasteiger partial charge in [-0.3, -0.25) is 14.6 Å². The molecule has 2 aliphatic heterocycles. The third-order valence-corrected chi connectivity index (χ3v) is 5.43. The maximum atomic E-state index is 12.9. The van der Waals surface area contributed by atoms with Crippen LogP contribution in [0.3, 0.4) is 0 Å². The van der Waals surface area contributed by atoms with Crippen molar-refractivity contribution in [3.63, 3.8) is 0 Å². The fourth-order valence-electron chi connectivity index (χ4n) is 4.35. The van der Waals surface area contributed by atoms with Crippen molar-refractivity contribution >= 4 is 5.91 Å². The molecule has 142 valence electrons. The quantitative estimate of drug-likeness (QED) is 0.883. The summed E-state index contributed by atoms with van der Waals surface area (Å²) >= 11 is 0. The summed E-state index contributed by atoms with van der Waals surface area (Å²) in [6.07, 6.45) is 3.79. The number of hydrogen-bond donors (Lipinski definition) is 1. The highest BCUT2D eigenvalue weighted by Crippen LogP contribution is 2.35. The van der Waals surface area contributed by atoms with Crippen LogP contribution in [0.25, 0.3) is 0 Å². The van der Waals surface area contributed by atoms with Crippen LogP contribution in [0.15, 0.2) is 35.4 Å². The first-order chi connectivity index (χ1) is 12.9. The average molecular weight is 368 g/mol. The van der Waals surface area contributed by atoms with Crippen LogP contribution in [0.5, 0.6) is 5.75 Å². The molecule has 2 aliphatic rings. The second kappa shape index (κ2) is 6.81. The molecule has 1 saturated heterocycles. The van der Waals surface area contributed by atoms with Gasteiger partial charge in [-0.25, -0.2) is 0 Å². The number of rotatable bonds is 3. The lowest BCUT2D eigenvalue weighted by Gasteiger charge is -2.43. The van der Waals surface area contributed by atoms with E-state index in [1.165, 1.54) is 18.5 Å². The maximum absolute atomic E-state index is 12.9. The molecule has 2 atom stereocenters. The van der Waals surface area contributed by atoms with Gasteiger partial charge in [-0.15, -0.1) is 0 Å². The minimum atomic E-state index is -0.117. The van der Waals surface area contributed by atoms with Crippen molar-refractivity contribution in [2.45, 2.75) is 25.4 Å². The molecule has 4 rings (SSSR count). The summed E-state index contributed by atoms with van der Waals surface area (Å²) in [7, 11) is 3.91. The molecular formula is C20H24N4O3. The van der Waals surface area contributed by atoms with Crippen molar-refractivity contribution in [1.29, 1.82) is 0 Å². The summed E-state index contributed by atoms with van der Waals surface area (Å²) < 4.78 is 1.91. The van der Waals surface area contributed by atoms with Crippen LogP contribution in [0.2, 0.25) is 0 Å². The maximum Gasteiger partial charge on any atom is 0.255 e. The van der Waals surface area contributed by atoms with Crippen molar-refractivity contribution in [2.75, 3.05) is 27.2 Å². The lowest BCUT2D eigenvalue weighted by molar-refractivity contribution is 0.0593. The molecular weight excluding hydrogens is 344 g/mol. The Morgan fingerprint density at radius 1 is 1.26 bits per heavy atom. The smallest absolute Gasteiger partial charge is 0.255 e. The summed E-state index contributed by atoms with van der Waals surface area (Å²) in [6.45, 7) is 2.48. The predicted octanol–water partition coefficient (Wildman–Crippen LogP) is 1.27. The number of hydrogen-bond acceptors (Lipinski definition) is 5. The zero-order valence-electron chi connectivity index (χ0n) is 15.6. The van der Waals surface area contributed by atoms with Gasteiger partial charge in [0.1, 0.15) is 5.75 Å². The number of carbonyl (C=O) groups excluding carboxylic acids is 1. The van der Waals surface area contributed by atoms with Crippen LogP contribution in [-0.2, 0) is 13.1 Å². The number of pyridine rings is 2. The van der Waals surface area contributed by atoms with Gasteiger partial charge in [0, 0.05) is 49.6 Å². The number of fused-ring (bicyclic) bond motifs is 4. The molecule has 7 heteroatoms. The second-order valence-corrected chi connectivity index (χ2v) is 7.88. The molecule has 1 N–H and O–H groups in total. The standard InChI is InChI=1S/C20H24N4O3/c1-22(2)11-14-3-4-18-16-5-13(10-24(18)20(14)27)9-23(12-16)19(26)15-6-17(25)8-21-7-15/h3-4,6-8,13,16,25H,5,9-12H2,1-2H3/t13-,16+/m0/s1. The van der Waals surface area contributed by atoms with Gasteiger partial charge in [0.25, 0.3) is 11.5 Å². The first-order valence-corrected chi connectivity index (χ1v) is 9.23. The summed E-state index contributed by atoms with van der Waals surface area (Å²) in [5, 5.41) is 9.60. The zero-order valence-corrected chi connectivity index (χ0v) is 15.6. The fourth-order valence-corrected chi connectivity index (χ4v) is 4.35. The van der Waals surface area contributed by atoms with Gasteiger partial charge in [0.05, 0.1) is 11.8 Å². The number of aromatic hydroxyl groups is 1. The Kier molecular flexibility index (Phi) is 4.47. The molecule has 2 aromatic heterocycles. The molecule has 0 spiro atoms. The zero-order chi connectivity index (χ0) is 19.1. The summed E-state index contributed by atoms with van der Waals surface area (Å²) in [5.74, 6) is 0.294. The van der Waals surface area contributed by atoms with E-state index in [2.05, 4.69) is 4.98 Å². The first kappa shape index (κ1) is 17.7. The normalized spacial score (nSPS) is 21.2. The number of aromatic nitrogens is 2. The highest BCUT2D eigenvalue weighted by Gasteiger charge is 2.37. The van der Waals surface area contributed by atoms with Crippen LogP contribution in [0, 0.1) is 5.92 Å². The van der Waals surface area contributed by atoms with Gasteiger partial charge in [-0.05, 0) is 38.6 Å². The van der Waals surface area contributed by atoms with E-state index >= 15 is 0 Å². The molecule has 1 amide bonds. The van der Waals surface area contributed by atoms with Crippen LogP contribution in [0.1, 0.15) is 34.0 Å². The molecule has 0 unspecified atom stereocenters. The first-order valence-electron chi connectivity index (χ1n) is 9.23. The van der Waals surface area contributed by atoms with E-state index in [0.29, 0.717) is 31.7 Å². The number of piperidine rings is 1. The number of likely N-dealkylation sites (tertiary alicyclic amines) is 1. The number of carbonyl (C=O) groups is 1. The van der Waals surface area contributed by atoms with Crippen LogP contribution in [-0.4, -0.2) is 57.5 Å². The van der Waals surface area contributed by atoms with Crippen LogP contribution >= 0.6 is 0 Å². The Balaban J connectivity index is 1.61. The van der Waals surface area contributed by atoms with Crippen molar-refractivity contribution in [1.82, 2.24) is 19.4 Å². The Morgan fingerprint density at radius 2 is 2.07 bits per heavy atom. The minimum absolute atomic E-state index is 0.0108. The van der Waals surface area contributed by atoms with E-state index in [4.69, 9.17) is 0 Å². The highest BCUT2D eigenvalue weighted by atomic mass is 16.3. The van der Waals surface area contributed by atoms with Crippen LogP contribution < -0.4 is 5.56 Å². The Labute approximate surface area is 157 Å². The molecule has 0 aromatic carbocycles. The van der Waals surface area contributed by atoms with Crippen molar-refractivity contribution in [2.24, 2.45) is 5.92 Å². The van der Waals surface area contributed by atoms with Gasteiger partial charge in [-0.2, -0.15) is 0 Å². The SMILES string of the molecule is CN(C)Cc1ccc2n(c1=O)C[C@H]1C[C@@H]2CN(C(=O)c2cncc(O)c2)C1. The Morgan fingerprint density at radius 3 is 2.81 bits per heavy atom. The number of amides is 1. The van der Waals surface area contributed by atoms with Crippen molar-refractivity contribution in [3.05, 3.63) is 57.8 Å². The summed E-state index contributed by atoms with van der Waals surface area (Å²) in [4.78, 5) is 33.4. The van der Waals surface area contributed by atoms with Gasteiger partial charge >= 0.3 is 0 Å². The topological polar surface area (TPSA) is 78.7 Å². The highest BCUT2D eigenvalue weighted by molar-refractivity contribution is 5.94. The fraction of sp³-hybridized carbons (Fsp3) is 0.450. The molecule has 0 radical (unpaired) electrons. The van der Waals surface area contributed by atoms with Gasteiger partial charge in [0.2, 0.25) is 0 Å². The largest absolute Gasteiger partial charge is 0.506 e. The Hall–Kier alpha value is -2.67. The molecule has 0 aliphatic carbocycles. The van der Waals surface area contributed by atoms with E-state index in [1.54, 1.807) is 0 Å². The van der Waals surface area contributed by atoms with Gasteiger partial charge in [0.15, 0.2) is 0 Å². The third-order valence-electron chi connectivity index (χ3n) is 5.43. The molecule has 1 fully saturated rings. The lowest BCUT2D eigenvalue weighted by atomic mass is 9.82. The van der Waals surface area contributed by atoms with E-state index in [9.17, 15) is 14.7 Å². The van der Waals surface area contributed by atoms with Gasteiger partial charge < -0.3 is 19.5 Å². The van der Waals surface area contributed by atoms with E-state index < -0.39 is 0 Å². The predicted molar refractivity (Wildman–Crippen MR) is 101 cm³/mol. The molecule has 27 heavy (non-hydrogen) atoms. The van der Waals surface area contributed by atoms with E-state index in [1.807, 2.05) is 40.6 Å². The lowest BCUT2D eigenvalue weighted by Crippen LogP contribution is -2.49. The molecule has 0 saturated carbocycles. The minimum Gasteiger partial charge on any atom is -0.506 e. The Bertz CT molecular complexity index is 937. The average Bonchev–Trinajstić information content (AvgIpc) is 2.63. The van der Waals surface area contributed by atoms with Crippen molar-refractivity contribution in [3.8, 4) is 5.75 Å². The van der Waals surface area contributed by atoms with Gasteiger partial charge in [-0.1, -0.05) is 6.07 Å². The molecule has 4 heterocycles. The second-order valence-electron chi connectivity index (χ2n) is 7.88. The van der Waals surface area contributed by atoms with E-state index in [-0.39, 0.29) is 29.1 Å². The summed E-state index contributed by atoms with van der Waals surface area (Å²) in [5.41, 5.74) is 2.31. The van der Waals surface area contributed by atoms with Crippen LogP contribution in [0.4, 0.5) is 0 Å². The molecule has 2 aromatic rings. The summed E-state index contributed by atoms with van der Waals surface area (Å²) in [6, 6.07) is 5.42.